The van der Waals surface area contributed by atoms with Crippen molar-refractivity contribution < 1.29 is 0 Å². The van der Waals surface area contributed by atoms with Crippen molar-refractivity contribution in [3.8, 4) is 0 Å². The van der Waals surface area contributed by atoms with E-state index in [1.165, 1.54) is 141 Å². The minimum atomic E-state index is 1.20. The van der Waals surface area contributed by atoms with Crippen LogP contribution in [-0.4, -0.2) is 0 Å². The Hall–Kier alpha value is -0.520. The van der Waals surface area contributed by atoms with Crippen LogP contribution in [0.5, 0.6) is 0 Å². The lowest BCUT2D eigenvalue weighted by molar-refractivity contribution is 0.545. The Morgan fingerprint density at radius 2 is 0.571 bits per heavy atom. The Labute approximate surface area is 180 Å². The summed E-state index contributed by atoms with van der Waals surface area (Å²) >= 11 is 0. The van der Waals surface area contributed by atoms with Crippen molar-refractivity contribution in [3.05, 3.63) is 25.3 Å². The highest BCUT2D eigenvalue weighted by Crippen LogP contribution is 2.12. The largest absolute Gasteiger partial charge is 0.103 e. The minimum absolute atomic E-state index is 1.20. The van der Waals surface area contributed by atoms with Gasteiger partial charge in [0.05, 0.1) is 0 Å². The molecule has 0 N–H and O–H groups in total. The van der Waals surface area contributed by atoms with Crippen LogP contribution in [-0.2, 0) is 0 Å². The van der Waals surface area contributed by atoms with E-state index >= 15 is 0 Å². The standard InChI is InChI=1S/C16H32.C12H24/c1-3-5-7-9-11-13-15-16-14-12-10-8-6-4-2;1-3-5-7-9-11-12-10-8-6-4-2/h3H,1,4-16H2,2H3;3H,1,4-12H2,2H3. The lowest BCUT2D eigenvalue weighted by atomic mass is 10.0. The fourth-order valence-corrected chi connectivity index (χ4v) is 3.55. The molecule has 28 heavy (non-hydrogen) atoms. The third-order valence-corrected chi connectivity index (χ3v) is 5.52. The molecule has 0 aromatic rings. The lowest BCUT2D eigenvalue weighted by Gasteiger charge is -2.02. The van der Waals surface area contributed by atoms with Crippen LogP contribution in [0.4, 0.5) is 0 Å². The van der Waals surface area contributed by atoms with Crippen molar-refractivity contribution in [2.75, 3.05) is 0 Å². The molecule has 0 saturated heterocycles. The van der Waals surface area contributed by atoms with Crippen LogP contribution < -0.4 is 0 Å². The number of hydrogen-bond donors (Lipinski definition) is 0. The molecular weight excluding hydrogens is 336 g/mol. The van der Waals surface area contributed by atoms with Gasteiger partial charge in [0.25, 0.3) is 0 Å². The zero-order chi connectivity index (χ0) is 21.0. The Kier molecular flexibility index (Phi) is 33.1. The van der Waals surface area contributed by atoms with Crippen LogP contribution in [0.25, 0.3) is 0 Å². The summed E-state index contributed by atoms with van der Waals surface area (Å²) in [7, 11) is 0. The van der Waals surface area contributed by atoms with E-state index in [-0.39, 0.29) is 0 Å². The summed E-state index contributed by atoms with van der Waals surface area (Å²) < 4.78 is 0. The minimum Gasteiger partial charge on any atom is -0.103 e. The maximum Gasteiger partial charge on any atom is -0.0353 e. The molecule has 0 heteroatoms. The Bertz CT molecular complexity index is 265. The summed E-state index contributed by atoms with van der Waals surface area (Å²) in [5.41, 5.74) is 0. The third kappa shape index (κ3) is 33.1. The zero-order valence-electron chi connectivity index (χ0n) is 20.1. The van der Waals surface area contributed by atoms with E-state index in [0.29, 0.717) is 0 Å². The van der Waals surface area contributed by atoms with Gasteiger partial charge in [-0.3, -0.25) is 0 Å². The summed E-state index contributed by atoms with van der Waals surface area (Å²) in [5, 5.41) is 0. The fourth-order valence-electron chi connectivity index (χ4n) is 3.55. The van der Waals surface area contributed by atoms with E-state index in [1.807, 2.05) is 12.2 Å². The Morgan fingerprint density at radius 1 is 0.357 bits per heavy atom. The summed E-state index contributed by atoms with van der Waals surface area (Å²) in [6, 6.07) is 0. The molecule has 0 aliphatic heterocycles. The molecule has 0 aromatic heterocycles. The van der Waals surface area contributed by atoms with Crippen molar-refractivity contribution in [2.24, 2.45) is 0 Å². The lowest BCUT2D eigenvalue weighted by Crippen LogP contribution is -1.82. The molecule has 0 unspecified atom stereocenters. The molecule has 0 fully saturated rings. The highest BCUT2D eigenvalue weighted by atomic mass is 14.0. The first-order valence-corrected chi connectivity index (χ1v) is 13.0. The van der Waals surface area contributed by atoms with Crippen molar-refractivity contribution in [1.82, 2.24) is 0 Å². The highest BCUT2D eigenvalue weighted by molar-refractivity contribution is 4.65. The molecule has 0 nitrogen and oxygen atoms in total. The van der Waals surface area contributed by atoms with Gasteiger partial charge in [0.15, 0.2) is 0 Å². The van der Waals surface area contributed by atoms with E-state index in [4.69, 9.17) is 0 Å². The van der Waals surface area contributed by atoms with Gasteiger partial charge in [-0.1, -0.05) is 142 Å². The van der Waals surface area contributed by atoms with Crippen LogP contribution in [0.15, 0.2) is 25.3 Å². The van der Waals surface area contributed by atoms with Crippen molar-refractivity contribution in [2.45, 2.75) is 155 Å². The first-order chi connectivity index (χ1) is 13.8. The quantitative estimate of drug-likeness (QED) is 0.127. The van der Waals surface area contributed by atoms with Gasteiger partial charge in [-0.15, -0.1) is 13.2 Å². The molecule has 0 saturated carbocycles. The van der Waals surface area contributed by atoms with Crippen LogP contribution in [0.3, 0.4) is 0 Å². The molecule has 0 radical (unpaired) electrons. The van der Waals surface area contributed by atoms with E-state index in [1.54, 1.807) is 0 Å². The monoisotopic (exact) mass is 392 g/mol. The van der Waals surface area contributed by atoms with Gasteiger partial charge >= 0.3 is 0 Å². The van der Waals surface area contributed by atoms with Crippen LogP contribution in [0.2, 0.25) is 0 Å². The van der Waals surface area contributed by atoms with Crippen molar-refractivity contribution >= 4 is 0 Å². The second-order valence-corrected chi connectivity index (χ2v) is 8.52. The predicted octanol–water partition coefficient (Wildman–Crippen LogP) is 11.0. The van der Waals surface area contributed by atoms with Gasteiger partial charge < -0.3 is 0 Å². The fraction of sp³-hybridized carbons (Fsp3) is 0.857. The zero-order valence-corrected chi connectivity index (χ0v) is 20.1. The van der Waals surface area contributed by atoms with Gasteiger partial charge in [0.1, 0.15) is 0 Å². The summed E-state index contributed by atoms with van der Waals surface area (Å²) in [6.07, 6.45) is 35.0. The second kappa shape index (κ2) is 31.2. The first-order valence-electron chi connectivity index (χ1n) is 13.0. The molecule has 0 atom stereocenters. The Morgan fingerprint density at radius 3 is 0.786 bits per heavy atom. The summed E-state index contributed by atoms with van der Waals surface area (Å²) in [4.78, 5) is 0. The molecule has 0 amide bonds. The normalized spacial score (nSPS) is 10.4. The van der Waals surface area contributed by atoms with E-state index < -0.39 is 0 Å². The van der Waals surface area contributed by atoms with E-state index in [9.17, 15) is 0 Å². The molecule has 0 rings (SSSR count). The van der Waals surface area contributed by atoms with Gasteiger partial charge in [-0.2, -0.15) is 0 Å². The topological polar surface area (TPSA) is 0 Å². The van der Waals surface area contributed by atoms with Gasteiger partial charge in [-0.05, 0) is 25.7 Å². The number of rotatable bonds is 22. The van der Waals surface area contributed by atoms with Gasteiger partial charge in [0.2, 0.25) is 0 Å². The number of hydrogen-bond acceptors (Lipinski definition) is 0. The summed E-state index contributed by atoms with van der Waals surface area (Å²) in [5.74, 6) is 0. The van der Waals surface area contributed by atoms with Crippen molar-refractivity contribution in [1.29, 1.82) is 0 Å². The SMILES string of the molecule is C=CCCCCCCCCCC.C=CCCCCCCCCCCCCCC. The average molecular weight is 393 g/mol. The average Bonchev–Trinajstić information content (AvgIpc) is 2.71. The maximum atomic E-state index is 3.75. The van der Waals surface area contributed by atoms with Gasteiger partial charge in [-0.25, -0.2) is 0 Å². The Balaban J connectivity index is 0. The maximum absolute atomic E-state index is 3.75. The third-order valence-electron chi connectivity index (χ3n) is 5.52. The van der Waals surface area contributed by atoms with Gasteiger partial charge in [0, 0.05) is 0 Å². The second-order valence-electron chi connectivity index (χ2n) is 8.52. The molecule has 0 spiro atoms. The van der Waals surface area contributed by atoms with Crippen LogP contribution >= 0.6 is 0 Å². The van der Waals surface area contributed by atoms with Crippen molar-refractivity contribution in [3.63, 3.8) is 0 Å². The smallest absolute Gasteiger partial charge is 0.0353 e. The number of unbranched alkanes of at least 4 members (excludes halogenated alkanes) is 20. The predicted molar refractivity (Wildman–Crippen MR) is 133 cm³/mol. The molecule has 0 heterocycles. The van der Waals surface area contributed by atoms with E-state index in [2.05, 4.69) is 27.0 Å². The molecule has 168 valence electrons. The number of allylic oxidation sites excluding steroid dienone is 2. The van der Waals surface area contributed by atoms with Crippen LogP contribution in [0.1, 0.15) is 155 Å². The molecule has 0 aliphatic rings. The van der Waals surface area contributed by atoms with E-state index in [0.717, 1.165) is 0 Å². The summed E-state index contributed by atoms with van der Waals surface area (Å²) in [6.45, 7) is 12.0. The molecular formula is C28H56. The molecule has 0 aliphatic carbocycles. The van der Waals surface area contributed by atoms with Crippen LogP contribution in [0, 0.1) is 0 Å². The first kappa shape index (κ1) is 29.7. The molecule has 0 aromatic carbocycles. The molecule has 0 bridgehead atoms. The highest BCUT2D eigenvalue weighted by Gasteiger charge is 1.92.